The second-order valence-corrected chi connectivity index (χ2v) is 7.34. The van der Waals surface area contributed by atoms with Gasteiger partial charge in [0, 0.05) is 25.2 Å². The first-order valence-electron chi connectivity index (χ1n) is 8.96. The van der Waals surface area contributed by atoms with E-state index < -0.39 is 0 Å². The molecule has 1 N–H and O–H groups in total. The molecule has 0 aromatic heterocycles. The minimum atomic E-state index is 0.512. The lowest BCUT2D eigenvalue weighted by Gasteiger charge is -2.40. The molecule has 0 unspecified atom stereocenters. The fourth-order valence-electron chi connectivity index (χ4n) is 3.86. The van der Waals surface area contributed by atoms with Crippen LogP contribution in [0.5, 0.6) is 0 Å². The number of hydrogen-bond donors (Lipinski definition) is 1. The Hall–Kier alpha value is -0.0800. The van der Waals surface area contributed by atoms with Crippen molar-refractivity contribution in [1.82, 2.24) is 10.2 Å². The van der Waals surface area contributed by atoms with E-state index in [9.17, 15) is 0 Å². The minimum absolute atomic E-state index is 0.512. The molecular formula is C18H38N2. The first-order valence-corrected chi connectivity index (χ1v) is 8.96. The van der Waals surface area contributed by atoms with E-state index in [-0.39, 0.29) is 0 Å². The van der Waals surface area contributed by atoms with Crippen LogP contribution in [0.25, 0.3) is 0 Å². The quantitative estimate of drug-likeness (QED) is 0.662. The fourth-order valence-corrected chi connectivity index (χ4v) is 3.86. The Labute approximate surface area is 127 Å². The third-order valence-electron chi connectivity index (χ3n) is 5.20. The van der Waals surface area contributed by atoms with Crippen LogP contribution >= 0.6 is 0 Å². The van der Waals surface area contributed by atoms with Gasteiger partial charge in [-0.25, -0.2) is 0 Å². The van der Waals surface area contributed by atoms with Crippen LogP contribution in [-0.2, 0) is 0 Å². The van der Waals surface area contributed by atoms with E-state index in [0.29, 0.717) is 11.5 Å². The number of rotatable bonds is 8. The summed E-state index contributed by atoms with van der Waals surface area (Å²) in [6.45, 7) is 11.7. The van der Waals surface area contributed by atoms with E-state index in [1.807, 2.05) is 0 Å². The lowest BCUT2D eigenvalue weighted by Crippen LogP contribution is -2.47. The largest absolute Gasteiger partial charge is 0.314 e. The molecule has 1 aliphatic rings. The zero-order valence-electron chi connectivity index (χ0n) is 14.7. The molecule has 1 aliphatic carbocycles. The van der Waals surface area contributed by atoms with Gasteiger partial charge >= 0.3 is 0 Å². The second-order valence-electron chi connectivity index (χ2n) is 7.34. The van der Waals surface area contributed by atoms with Gasteiger partial charge in [0.15, 0.2) is 0 Å². The zero-order valence-corrected chi connectivity index (χ0v) is 14.7. The van der Waals surface area contributed by atoms with Crippen LogP contribution in [0.2, 0.25) is 0 Å². The molecular weight excluding hydrogens is 244 g/mol. The van der Waals surface area contributed by atoms with Gasteiger partial charge in [0.1, 0.15) is 0 Å². The van der Waals surface area contributed by atoms with E-state index >= 15 is 0 Å². The van der Waals surface area contributed by atoms with Gasteiger partial charge in [0.25, 0.3) is 0 Å². The van der Waals surface area contributed by atoms with Crippen molar-refractivity contribution in [2.75, 3.05) is 20.1 Å². The lowest BCUT2D eigenvalue weighted by molar-refractivity contribution is 0.109. The highest BCUT2D eigenvalue weighted by Gasteiger charge is 2.33. The molecule has 0 atom stereocenters. The summed E-state index contributed by atoms with van der Waals surface area (Å²) < 4.78 is 0. The van der Waals surface area contributed by atoms with E-state index in [1.54, 1.807) is 0 Å². The molecule has 2 nitrogen and oxygen atoms in total. The molecule has 0 radical (unpaired) electrons. The predicted octanol–water partition coefficient (Wildman–Crippen LogP) is 4.45. The first kappa shape index (κ1) is 18.0. The molecule has 0 amide bonds. The van der Waals surface area contributed by atoms with Crippen LogP contribution in [-0.4, -0.2) is 37.1 Å². The highest BCUT2D eigenvalue weighted by molar-refractivity contribution is 4.88. The first-order chi connectivity index (χ1) is 9.53. The van der Waals surface area contributed by atoms with Crippen molar-refractivity contribution in [2.24, 2.45) is 5.41 Å². The summed E-state index contributed by atoms with van der Waals surface area (Å²) in [7, 11) is 2.35. The standard InChI is InChI=1S/C18H38N2/c1-6-17(7-2)20(5)15-18(14-19-16(3)4)12-10-8-9-11-13-18/h16-17,19H,6-15H2,1-5H3. The molecule has 0 bridgehead atoms. The van der Waals surface area contributed by atoms with Gasteiger partial charge in [-0.15, -0.1) is 0 Å². The summed E-state index contributed by atoms with van der Waals surface area (Å²) in [5.41, 5.74) is 0.512. The molecule has 0 spiro atoms. The van der Waals surface area contributed by atoms with Crippen LogP contribution in [0, 0.1) is 5.41 Å². The van der Waals surface area contributed by atoms with Crippen LogP contribution in [0.15, 0.2) is 0 Å². The third kappa shape index (κ3) is 5.73. The average molecular weight is 283 g/mol. The molecule has 20 heavy (non-hydrogen) atoms. The monoisotopic (exact) mass is 282 g/mol. The fraction of sp³-hybridized carbons (Fsp3) is 1.00. The molecule has 0 aromatic rings. The molecule has 1 rings (SSSR count). The summed E-state index contributed by atoms with van der Waals surface area (Å²) in [6.07, 6.45) is 11.1. The normalized spacial score (nSPS) is 19.8. The van der Waals surface area contributed by atoms with E-state index in [1.165, 1.54) is 64.5 Å². The summed E-state index contributed by atoms with van der Waals surface area (Å²) >= 11 is 0. The number of hydrogen-bond acceptors (Lipinski definition) is 2. The predicted molar refractivity (Wildman–Crippen MR) is 90.3 cm³/mol. The van der Waals surface area contributed by atoms with Crippen LogP contribution in [0.1, 0.15) is 79.1 Å². The van der Waals surface area contributed by atoms with Crippen molar-refractivity contribution in [3.8, 4) is 0 Å². The Morgan fingerprint density at radius 3 is 2.00 bits per heavy atom. The molecule has 1 saturated carbocycles. The Bertz CT molecular complexity index is 238. The summed E-state index contributed by atoms with van der Waals surface area (Å²) in [6, 6.07) is 1.36. The van der Waals surface area contributed by atoms with Gasteiger partial charge in [0.05, 0.1) is 0 Å². The number of nitrogens with zero attached hydrogens (tertiary/aromatic N) is 1. The summed E-state index contributed by atoms with van der Waals surface area (Å²) in [5.74, 6) is 0. The lowest BCUT2D eigenvalue weighted by atomic mass is 9.79. The maximum absolute atomic E-state index is 3.74. The van der Waals surface area contributed by atoms with Gasteiger partial charge in [-0.1, -0.05) is 53.4 Å². The van der Waals surface area contributed by atoms with Gasteiger partial charge in [-0.3, -0.25) is 0 Å². The van der Waals surface area contributed by atoms with Crippen LogP contribution < -0.4 is 5.32 Å². The molecule has 120 valence electrons. The Morgan fingerprint density at radius 1 is 1.00 bits per heavy atom. The van der Waals surface area contributed by atoms with Crippen molar-refractivity contribution < 1.29 is 0 Å². The van der Waals surface area contributed by atoms with Crippen molar-refractivity contribution >= 4 is 0 Å². The average Bonchev–Trinajstić information content (AvgIpc) is 2.64. The highest BCUT2D eigenvalue weighted by atomic mass is 15.1. The maximum atomic E-state index is 3.74. The molecule has 0 saturated heterocycles. The minimum Gasteiger partial charge on any atom is -0.314 e. The molecule has 0 heterocycles. The molecule has 0 aromatic carbocycles. The zero-order chi connectivity index (χ0) is 15.0. The molecule has 0 aliphatic heterocycles. The van der Waals surface area contributed by atoms with E-state index in [0.717, 1.165) is 6.04 Å². The van der Waals surface area contributed by atoms with Crippen molar-refractivity contribution in [1.29, 1.82) is 0 Å². The smallest absolute Gasteiger partial charge is 0.00872 e. The van der Waals surface area contributed by atoms with Crippen LogP contribution in [0.3, 0.4) is 0 Å². The van der Waals surface area contributed by atoms with Crippen molar-refractivity contribution in [2.45, 2.75) is 91.1 Å². The second kappa shape index (κ2) is 9.04. The van der Waals surface area contributed by atoms with Gasteiger partial charge in [0.2, 0.25) is 0 Å². The highest BCUT2D eigenvalue weighted by Crippen LogP contribution is 2.36. The Morgan fingerprint density at radius 2 is 1.55 bits per heavy atom. The molecule has 1 fully saturated rings. The molecule has 2 heteroatoms. The van der Waals surface area contributed by atoms with E-state index in [2.05, 4.69) is 45.0 Å². The SMILES string of the molecule is CCC(CC)N(C)CC1(CNC(C)C)CCCCCC1. The maximum Gasteiger partial charge on any atom is 0.00872 e. The van der Waals surface area contributed by atoms with Gasteiger partial charge in [-0.05, 0) is 38.1 Å². The van der Waals surface area contributed by atoms with E-state index in [4.69, 9.17) is 0 Å². The van der Waals surface area contributed by atoms with Crippen molar-refractivity contribution in [3.05, 3.63) is 0 Å². The van der Waals surface area contributed by atoms with Crippen molar-refractivity contribution in [3.63, 3.8) is 0 Å². The topological polar surface area (TPSA) is 15.3 Å². The summed E-state index contributed by atoms with van der Waals surface area (Å²) in [5, 5.41) is 3.74. The van der Waals surface area contributed by atoms with Gasteiger partial charge < -0.3 is 10.2 Å². The van der Waals surface area contributed by atoms with Crippen LogP contribution in [0.4, 0.5) is 0 Å². The van der Waals surface area contributed by atoms with Gasteiger partial charge in [-0.2, -0.15) is 0 Å². The third-order valence-corrected chi connectivity index (χ3v) is 5.20. The Kier molecular flexibility index (Phi) is 8.13. The Balaban J connectivity index is 2.69. The summed E-state index contributed by atoms with van der Waals surface area (Å²) in [4.78, 5) is 2.65. The number of nitrogens with one attached hydrogen (secondary N) is 1.